The lowest BCUT2D eigenvalue weighted by atomic mass is 10.0. The molecule has 11 heavy (non-hydrogen) atoms. The van der Waals surface area contributed by atoms with Crippen molar-refractivity contribution in [3.8, 4) is 0 Å². The van der Waals surface area contributed by atoms with Crippen LogP contribution in [-0.2, 0) is 4.74 Å². The Balaban J connectivity index is 1.73. The fraction of sp³-hybridized carbons (Fsp3) is 1.00. The van der Waals surface area contributed by atoms with Crippen LogP contribution in [0.25, 0.3) is 0 Å². The van der Waals surface area contributed by atoms with Crippen LogP contribution >= 0.6 is 0 Å². The molecule has 1 heterocycles. The first-order chi connectivity index (χ1) is 5.34. The summed E-state index contributed by atoms with van der Waals surface area (Å²) in [5.74, 6) is 0. The van der Waals surface area contributed by atoms with Gasteiger partial charge in [-0.3, -0.25) is 0 Å². The molecule has 0 spiro atoms. The van der Waals surface area contributed by atoms with E-state index in [-0.39, 0.29) is 0 Å². The average molecular weight is 155 g/mol. The minimum absolute atomic E-state index is 0.472. The van der Waals surface area contributed by atoms with Gasteiger partial charge in [-0.25, -0.2) is 0 Å². The van der Waals surface area contributed by atoms with Crippen LogP contribution < -0.4 is 5.32 Å². The number of hydrogen-bond acceptors (Lipinski definition) is 2. The molecule has 0 amide bonds. The van der Waals surface area contributed by atoms with Crippen LogP contribution in [-0.4, -0.2) is 24.8 Å². The molecule has 0 aromatic heterocycles. The first-order valence-electron chi connectivity index (χ1n) is 4.72. The van der Waals surface area contributed by atoms with Crippen molar-refractivity contribution in [3.63, 3.8) is 0 Å². The number of nitrogens with one attached hydrogen (secondary N) is 1. The van der Waals surface area contributed by atoms with E-state index in [1.165, 1.54) is 25.7 Å². The summed E-state index contributed by atoms with van der Waals surface area (Å²) >= 11 is 0. The molecule has 1 saturated carbocycles. The Morgan fingerprint density at radius 3 is 2.64 bits per heavy atom. The van der Waals surface area contributed by atoms with Crippen molar-refractivity contribution in [2.24, 2.45) is 0 Å². The van der Waals surface area contributed by atoms with Crippen LogP contribution in [0.4, 0.5) is 0 Å². The summed E-state index contributed by atoms with van der Waals surface area (Å²) in [6.07, 6.45) is 5.68. The zero-order valence-corrected chi connectivity index (χ0v) is 7.18. The Hall–Kier alpha value is -0.0800. The lowest BCUT2D eigenvalue weighted by Crippen LogP contribution is -2.39. The molecule has 2 fully saturated rings. The Morgan fingerprint density at radius 1 is 1.18 bits per heavy atom. The minimum atomic E-state index is 0.472. The van der Waals surface area contributed by atoms with Crippen molar-refractivity contribution in [2.45, 2.75) is 50.8 Å². The summed E-state index contributed by atoms with van der Waals surface area (Å²) in [5, 5.41) is 3.64. The number of ether oxygens (including phenoxy) is 1. The topological polar surface area (TPSA) is 21.3 Å². The molecule has 2 rings (SSSR count). The minimum Gasteiger partial charge on any atom is -0.378 e. The quantitative estimate of drug-likeness (QED) is 0.649. The maximum Gasteiger partial charge on any atom is 0.0561 e. The molecule has 0 aromatic carbocycles. The molecule has 0 aromatic rings. The molecular weight excluding hydrogens is 138 g/mol. The molecule has 1 aliphatic carbocycles. The Labute approximate surface area is 68.3 Å². The highest BCUT2D eigenvalue weighted by Gasteiger charge is 2.27. The molecular formula is C9H17NO. The van der Waals surface area contributed by atoms with E-state index in [0.29, 0.717) is 6.10 Å². The molecule has 2 atom stereocenters. The van der Waals surface area contributed by atoms with Crippen molar-refractivity contribution >= 4 is 0 Å². The standard InChI is InChI=1S/C9H17NO/c1-7-6-9(4-5-11-7)10-8-2-3-8/h7-10H,2-6H2,1H3. The highest BCUT2D eigenvalue weighted by atomic mass is 16.5. The van der Waals surface area contributed by atoms with E-state index < -0.39 is 0 Å². The van der Waals surface area contributed by atoms with E-state index in [1.54, 1.807) is 0 Å². The summed E-state index contributed by atoms with van der Waals surface area (Å²) in [6.45, 7) is 3.12. The number of rotatable bonds is 2. The van der Waals surface area contributed by atoms with Gasteiger partial charge in [0.15, 0.2) is 0 Å². The van der Waals surface area contributed by atoms with E-state index in [0.717, 1.165) is 18.7 Å². The molecule has 0 bridgehead atoms. The van der Waals surface area contributed by atoms with Gasteiger partial charge < -0.3 is 10.1 Å². The Morgan fingerprint density at radius 2 is 2.00 bits per heavy atom. The van der Waals surface area contributed by atoms with Gasteiger partial charge in [0, 0.05) is 18.7 Å². The SMILES string of the molecule is CC1CC(NC2CC2)CCO1. The predicted molar refractivity (Wildman–Crippen MR) is 44.6 cm³/mol. The van der Waals surface area contributed by atoms with Crippen LogP contribution in [0.15, 0.2) is 0 Å². The Bertz CT molecular complexity index is 132. The molecule has 2 nitrogen and oxygen atoms in total. The largest absolute Gasteiger partial charge is 0.378 e. The van der Waals surface area contributed by atoms with Crippen molar-refractivity contribution in [3.05, 3.63) is 0 Å². The van der Waals surface area contributed by atoms with Crippen molar-refractivity contribution < 1.29 is 4.74 Å². The maximum absolute atomic E-state index is 5.47. The van der Waals surface area contributed by atoms with E-state index in [2.05, 4.69) is 12.2 Å². The van der Waals surface area contributed by atoms with E-state index >= 15 is 0 Å². The maximum atomic E-state index is 5.47. The van der Waals surface area contributed by atoms with E-state index in [1.807, 2.05) is 0 Å². The summed E-state index contributed by atoms with van der Waals surface area (Å²) in [7, 11) is 0. The predicted octanol–water partition coefficient (Wildman–Crippen LogP) is 1.31. The third-order valence-corrected chi connectivity index (χ3v) is 2.53. The zero-order valence-electron chi connectivity index (χ0n) is 7.18. The first-order valence-corrected chi connectivity index (χ1v) is 4.72. The lowest BCUT2D eigenvalue weighted by Gasteiger charge is -2.28. The van der Waals surface area contributed by atoms with Crippen LogP contribution in [0.3, 0.4) is 0 Å². The molecule has 2 heteroatoms. The van der Waals surface area contributed by atoms with Crippen molar-refractivity contribution in [2.75, 3.05) is 6.61 Å². The highest BCUT2D eigenvalue weighted by molar-refractivity contribution is 4.86. The second-order valence-corrected chi connectivity index (χ2v) is 3.84. The van der Waals surface area contributed by atoms with Gasteiger partial charge in [0.25, 0.3) is 0 Å². The first kappa shape index (κ1) is 7.56. The second kappa shape index (κ2) is 3.11. The van der Waals surface area contributed by atoms with Crippen LogP contribution in [0.1, 0.15) is 32.6 Å². The lowest BCUT2D eigenvalue weighted by molar-refractivity contribution is 0.0130. The normalized spacial score (nSPS) is 39.0. The fourth-order valence-electron chi connectivity index (χ4n) is 1.73. The van der Waals surface area contributed by atoms with Crippen molar-refractivity contribution in [1.29, 1.82) is 0 Å². The van der Waals surface area contributed by atoms with Crippen LogP contribution in [0.2, 0.25) is 0 Å². The van der Waals surface area contributed by atoms with Gasteiger partial charge in [-0.1, -0.05) is 0 Å². The van der Waals surface area contributed by atoms with Gasteiger partial charge in [-0.2, -0.15) is 0 Å². The van der Waals surface area contributed by atoms with Gasteiger partial charge in [0.1, 0.15) is 0 Å². The highest BCUT2D eigenvalue weighted by Crippen LogP contribution is 2.22. The summed E-state index contributed by atoms with van der Waals surface area (Å²) in [5.41, 5.74) is 0. The van der Waals surface area contributed by atoms with Gasteiger partial charge in [0.05, 0.1) is 6.10 Å². The van der Waals surface area contributed by atoms with Crippen LogP contribution in [0.5, 0.6) is 0 Å². The van der Waals surface area contributed by atoms with Gasteiger partial charge in [-0.15, -0.1) is 0 Å². The number of hydrogen-bond donors (Lipinski definition) is 1. The third kappa shape index (κ3) is 2.17. The molecule has 0 radical (unpaired) electrons. The average Bonchev–Trinajstić information content (AvgIpc) is 2.71. The smallest absolute Gasteiger partial charge is 0.0561 e. The van der Waals surface area contributed by atoms with Crippen molar-refractivity contribution in [1.82, 2.24) is 5.32 Å². The third-order valence-electron chi connectivity index (χ3n) is 2.53. The molecule has 2 unspecified atom stereocenters. The molecule has 1 aliphatic heterocycles. The molecule has 2 aliphatic rings. The van der Waals surface area contributed by atoms with Gasteiger partial charge in [0.2, 0.25) is 0 Å². The van der Waals surface area contributed by atoms with Gasteiger partial charge in [-0.05, 0) is 32.6 Å². The summed E-state index contributed by atoms with van der Waals surface area (Å²) < 4.78 is 5.47. The fourth-order valence-corrected chi connectivity index (χ4v) is 1.73. The molecule has 1 saturated heterocycles. The summed E-state index contributed by atoms with van der Waals surface area (Å²) in [4.78, 5) is 0. The van der Waals surface area contributed by atoms with E-state index in [9.17, 15) is 0 Å². The monoisotopic (exact) mass is 155 g/mol. The van der Waals surface area contributed by atoms with E-state index in [4.69, 9.17) is 4.74 Å². The second-order valence-electron chi connectivity index (χ2n) is 3.84. The summed E-state index contributed by atoms with van der Waals surface area (Å²) in [6, 6.07) is 1.59. The van der Waals surface area contributed by atoms with Crippen LogP contribution in [0, 0.1) is 0 Å². The molecule has 1 N–H and O–H groups in total. The zero-order chi connectivity index (χ0) is 7.68. The molecule has 64 valence electrons. The van der Waals surface area contributed by atoms with Gasteiger partial charge >= 0.3 is 0 Å². The Kier molecular flexibility index (Phi) is 2.14.